The number of esters is 1. The minimum absolute atomic E-state index is 0.0200. The van der Waals surface area contributed by atoms with Crippen molar-refractivity contribution in [2.45, 2.75) is 4.90 Å². The summed E-state index contributed by atoms with van der Waals surface area (Å²) in [6.07, 6.45) is 0. The summed E-state index contributed by atoms with van der Waals surface area (Å²) in [5.74, 6) is -0.107. The Kier molecular flexibility index (Phi) is 5.69. The molecule has 0 aliphatic heterocycles. The molecule has 0 heterocycles. The monoisotopic (exact) mass is 369 g/mol. The average Bonchev–Trinajstić information content (AvgIpc) is 2.59. The Hall–Kier alpha value is -2.25. The van der Waals surface area contributed by atoms with Gasteiger partial charge in [-0.05, 0) is 48.5 Å². The summed E-state index contributed by atoms with van der Waals surface area (Å²) in [5.41, 5.74) is 0.316. The van der Waals surface area contributed by atoms with Gasteiger partial charge in [0.1, 0.15) is 12.3 Å². The van der Waals surface area contributed by atoms with Gasteiger partial charge in [-0.15, -0.1) is 0 Å². The van der Waals surface area contributed by atoms with Crippen molar-refractivity contribution in [2.75, 3.05) is 25.1 Å². The summed E-state index contributed by atoms with van der Waals surface area (Å²) < 4.78 is 36.4. The Bertz CT molecular complexity index is 803. The Balaban J connectivity index is 2.47. The third-order valence-electron chi connectivity index (χ3n) is 3.26. The molecule has 0 spiro atoms. The van der Waals surface area contributed by atoms with Crippen molar-refractivity contribution in [3.05, 3.63) is 53.6 Å². The van der Waals surface area contributed by atoms with Gasteiger partial charge in [-0.2, -0.15) is 0 Å². The zero-order valence-corrected chi connectivity index (χ0v) is 14.7. The molecule has 0 N–H and O–H groups in total. The second kappa shape index (κ2) is 7.55. The second-order valence-corrected chi connectivity index (χ2v) is 7.04. The molecule has 128 valence electrons. The Morgan fingerprint density at radius 1 is 1.04 bits per heavy atom. The van der Waals surface area contributed by atoms with Crippen LogP contribution in [0.15, 0.2) is 53.4 Å². The van der Waals surface area contributed by atoms with E-state index in [0.717, 1.165) is 4.31 Å². The average molecular weight is 370 g/mol. The number of anilines is 1. The fraction of sp³-hybridized carbons (Fsp3) is 0.188. The van der Waals surface area contributed by atoms with Gasteiger partial charge in [0, 0.05) is 5.02 Å². The number of hydrogen-bond acceptors (Lipinski definition) is 5. The van der Waals surface area contributed by atoms with E-state index in [1.54, 1.807) is 24.3 Å². The number of benzene rings is 2. The maximum Gasteiger partial charge on any atom is 0.326 e. The summed E-state index contributed by atoms with van der Waals surface area (Å²) in [6, 6.07) is 12.0. The van der Waals surface area contributed by atoms with Crippen molar-refractivity contribution >= 4 is 33.3 Å². The highest BCUT2D eigenvalue weighted by molar-refractivity contribution is 7.92. The van der Waals surface area contributed by atoms with E-state index in [-0.39, 0.29) is 4.90 Å². The van der Waals surface area contributed by atoms with Crippen LogP contribution >= 0.6 is 11.6 Å². The van der Waals surface area contributed by atoms with Crippen molar-refractivity contribution in [3.63, 3.8) is 0 Å². The highest BCUT2D eigenvalue weighted by Gasteiger charge is 2.27. The van der Waals surface area contributed by atoms with Crippen LogP contribution in [0.1, 0.15) is 0 Å². The number of ether oxygens (including phenoxy) is 2. The lowest BCUT2D eigenvalue weighted by Gasteiger charge is -2.23. The van der Waals surface area contributed by atoms with E-state index in [9.17, 15) is 13.2 Å². The minimum atomic E-state index is -3.96. The Labute approximate surface area is 145 Å². The number of halogens is 1. The van der Waals surface area contributed by atoms with Crippen LogP contribution in [0, 0.1) is 0 Å². The van der Waals surface area contributed by atoms with Gasteiger partial charge >= 0.3 is 5.97 Å². The predicted octanol–water partition coefficient (Wildman–Crippen LogP) is 2.72. The van der Waals surface area contributed by atoms with Crippen LogP contribution < -0.4 is 9.04 Å². The zero-order chi connectivity index (χ0) is 17.7. The normalized spacial score (nSPS) is 11.0. The van der Waals surface area contributed by atoms with Gasteiger partial charge in [0.2, 0.25) is 0 Å². The molecule has 0 saturated carbocycles. The predicted molar refractivity (Wildman–Crippen MR) is 91.0 cm³/mol. The molecule has 8 heteroatoms. The zero-order valence-electron chi connectivity index (χ0n) is 13.1. The van der Waals surface area contributed by atoms with E-state index in [2.05, 4.69) is 4.74 Å². The molecular weight excluding hydrogens is 354 g/mol. The van der Waals surface area contributed by atoms with E-state index in [1.165, 1.54) is 38.5 Å². The van der Waals surface area contributed by atoms with Crippen LogP contribution in [0.5, 0.6) is 5.75 Å². The van der Waals surface area contributed by atoms with E-state index in [4.69, 9.17) is 16.3 Å². The van der Waals surface area contributed by atoms with E-state index in [0.29, 0.717) is 16.5 Å². The van der Waals surface area contributed by atoms with E-state index in [1.807, 2.05) is 0 Å². The molecule has 2 aromatic rings. The molecular formula is C16H16ClNO5S. The first kappa shape index (κ1) is 18.1. The lowest BCUT2D eigenvalue weighted by Crippen LogP contribution is -2.36. The fourth-order valence-electron chi connectivity index (χ4n) is 1.98. The maximum atomic E-state index is 12.9. The summed E-state index contributed by atoms with van der Waals surface area (Å²) in [4.78, 5) is 11.7. The molecule has 2 aromatic carbocycles. The first-order valence-corrected chi connectivity index (χ1v) is 8.69. The molecule has 2 rings (SSSR count). The van der Waals surface area contributed by atoms with Crippen LogP contribution in [0.2, 0.25) is 5.02 Å². The summed E-state index contributed by atoms with van der Waals surface area (Å²) in [5, 5.41) is 0.415. The molecule has 0 aromatic heterocycles. The third kappa shape index (κ3) is 3.98. The number of hydrogen-bond donors (Lipinski definition) is 0. The first-order chi connectivity index (χ1) is 11.4. The van der Waals surface area contributed by atoms with Gasteiger partial charge in [0.15, 0.2) is 0 Å². The van der Waals surface area contributed by atoms with Crippen LogP contribution in [-0.2, 0) is 19.6 Å². The summed E-state index contributed by atoms with van der Waals surface area (Å²) in [7, 11) is -1.26. The van der Waals surface area contributed by atoms with Crippen LogP contribution in [-0.4, -0.2) is 35.2 Å². The maximum absolute atomic E-state index is 12.9. The number of methoxy groups -OCH3 is 2. The summed E-state index contributed by atoms with van der Waals surface area (Å²) in [6.45, 7) is -0.451. The number of carbonyl (C=O) groups excluding carboxylic acids is 1. The van der Waals surface area contributed by atoms with E-state index < -0.39 is 22.5 Å². The molecule has 24 heavy (non-hydrogen) atoms. The number of rotatable bonds is 6. The number of carbonyl (C=O) groups is 1. The summed E-state index contributed by atoms with van der Waals surface area (Å²) >= 11 is 5.80. The Morgan fingerprint density at radius 2 is 1.62 bits per heavy atom. The van der Waals surface area contributed by atoms with E-state index >= 15 is 0 Å². The van der Waals surface area contributed by atoms with Gasteiger partial charge in [-0.25, -0.2) is 8.42 Å². The quantitative estimate of drug-likeness (QED) is 0.732. The standard InChI is InChI=1S/C16H16ClNO5S/c1-22-14-7-5-13(6-8-14)18(11-16(19)23-2)24(20,21)15-9-3-12(17)4-10-15/h3-10H,11H2,1-2H3. The van der Waals surface area contributed by atoms with Gasteiger partial charge in [-0.1, -0.05) is 11.6 Å². The number of sulfonamides is 1. The molecule has 0 aliphatic carbocycles. The second-order valence-electron chi connectivity index (χ2n) is 4.74. The third-order valence-corrected chi connectivity index (χ3v) is 5.30. The molecule has 0 aliphatic rings. The molecule has 0 bridgehead atoms. The van der Waals surface area contributed by atoms with Crippen molar-refractivity contribution in [3.8, 4) is 5.75 Å². The van der Waals surface area contributed by atoms with Crippen LogP contribution in [0.25, 0.3) is 0 Å². The first-order valence-electron chi connectivity index (χ1n) is 6.87. The highest BCUT2D eigenvalue weighted by Crippen LogP contribution is 2.26. The molecule has 0 fully saturated rings. The Morgan fingerprint density at radius 3 is 2.12 bits per heavy atom. The van der Waals surface area contributed by atoms with Gasteiger partial charge in [0.05, 0.1) is 24.8 Å². The molecule has 0 amide bonds. The fourth-order valence-corrected chi connectivity index (χ4v) is 3.51. The molecule has 0 unspecified atom stereocenters. The molecule has 0 atom stereocenters. The topological polar surface area (TPSA) is 72.9 Å². The molecule has 6 nitrogen and oxygen atoms in total. The van der Waals surface area contributed by atoms with Crippen molar-refractivity contribution in [1.82, 2.24) is 0 Å². The molecule has 0 saturated heterocycles. The SMILES string of the molecule is COC(=O)CN(c1ccc(OC)cc1)S(=O)(=O)c1ccc(Cl)cc1. The lowest BCUT2D eigenvalue weighted by atomic mass is 10.3. The minimum Gasteiger partial charge on any atom is -0.497 e. The van der Waals surface area contributed by atoms with Gasteiger partial charge in [-0.3, -0.25) is 9.10 Å². The van der Waals surface area contributed by atoms with Crippen LogP contribution in [0.4, 0.5) is 5.69 Å². The largest absolute Gasteiger partial charge is 0.497 e. The van der Waals surface area contributed by atoms with Crippen molar-refractivity contribution in [1.29, 1.82) is 0 Å². The van der Waals surface area contributed by atoms with Gasteiger partial charge in [0.25, 0.3) is 10.0 Å². The van der Waals surface area contributed by atoms with Gasteiger partial charge < -0.3 is 9.47 Å². The number of nitrogens with zero attached hydrogens (tertiary/aromatic N) is 1. The molecule has 0 radical (unpaired) electrons. The van der Waals surface area contributed by atoms with Crippen molar-refractivity contribution < 1.29 is 22.7 Å². The van der Waals surface area contributed by atoms with Crippen molar-refractivity contribution in [2.24, 2.45) is 0 Å². The lowest BCUT2D eigenvalue weighted by molar-refractivity contribution is -0.138. The van der Waals surface area contributed by atoms with Crippen LogP contribution in [0.3, 0.4) is 0 Å². The smallest absolute Gasteiger partial charge is 0.326 e. The highest BCUT2D eigenvalue weighted by atomic mass is 35.5.